The lowest BCUT2D eigenvalue weighted by Gasteiger charge is -2.07. The molecule has 1 aliphatic carbocycles. The summed E-state index contributed by atoms with van der Waals surface area (Å²) >= 11 is 0. The van der Waals surface area contributed by atoms with Gasteiger partial charge in [-0.25, -0.2) is 4.99 Å². The standard InChI is InChI=1S/C9H10N2O2/c10-4-3-9-11-7-2-1-6(12)5-8(7)13-9/h1-2,5,9H,3-4,10H2. The van der Waals surface area contributed by atoms with Gasteiger partial charge >= 0.3 is 0 Å². The number of hydrogen-bond acceptors (Lipinski definition) is 4. The fourth-order valence-corrected chi connectivity index (χ4v) is 1.29. The lowest BCUT2D eigenvalue weighted by molar-refractivity contribution is -0.110. The van der Waals surface area contributed by atoms with Crippen LogP contribution in [0.3, 0.4) is 0 Å². The van der Waals surface area contributed by atoms with E-state index in [1.54, 1.807) is 6.08 Å². The number of nitrogens with zero attached hydrogens (tertiary/aromatic N) is 1. The van der Waals surface area contributed by atoms with Gasteiger partial charge in [-0.2, -0.15) is 0 Å². The van der Waals surface area contributed by atoms with Gasteiger partial charge < -0.3 is 10.5 Å². The van der Waals surface area contributed by atoms with Crippen molar-refractivity contribution in [3.05, 3.63) is 24.0 Å². The van der Waals surface area contributed by atoms with Crippen LogP contribution in [0, 0.1) is 0 Å². The molecule has 1 heterocycles. The van der Waals surface area contributed by atoms with Crippen LogP contribution >= 0.6 is 0 Å². The summed E-state index contributed by atoms with van der Waals surface area (Å²) in [5.41, 5.74) is 6.12. The van der Waals surface area contributed by atoms with Crippen molar-refractivity contribution in [2.45, 2.75) is 12.6 Å². The molecule has 4 nitrogen and oxygen atoms in total. The number of rotatable bonds is 2. The molecule has 0 fully saturated rings. The maximum atomic E-state index is 10.9. The van der Waals surface area contributed by atoms with Crippen LogP contribution in [0.4, 0.5) is 0 Å². The van der Waals surface area contributed by atoms with Crippen LogP contribution < -0.4 is 5.73 Å². The van der Waals surface area contributed by atoms with Crippen LogP contribution in [0.5, 0.6) is 0 Å². The Morgan fingerprint density at radius 3 is 3.15 bits per heavy atom. The lowest BCUT2D eigenvalue weighted by atomic mass is 10.1. The molecule has 0 saturated carbocycles. The van der Waals surface area contributed by atoms with E-state index in [2.05, 4.69) is 4.99 Å². The van der Waals surface area contributed by atoms with E-state index >= 15 is 0 Å². The molecule has 1 unspecified atom stereocenters. The summed E-state index contributed by atoms with van der Waals surface area (Å²) in [6, 6.07) is 0. The van der Waals surface area contributed by atoms with Gasteiger partial charge in [-0.3, -0.25) is 4.79 Å². The van der Waals surface area contributed by atoms with Gasteiger partial charge in [-0.05, 0) is 18.7 Å². The number of nitrogens with two attached hydrogens (primary N) is 1. The Morgan fingerprint density at radius 1 is 1.54 bits per heavy atom. The van der Waals surface area contributed by atoms with Crippen LogP contribution in [0.1, 0.15) is 6.42 Å². The van der Waals surface area contributed by atoms with E-state index in [1.807, 2.05) is 0 Å². The number of fused-ring (bicyclic) bond motifs is 1. The summed E-state index contributed by atoms with van der Waals surface area (Å²) in [6.45, 7) is 0.534. The molecule has 0 aromatic heterocycles. The zero-order chi connectivity index (χ0) is 9.26. The van der Waals surface area contributed by atoms with Crippen LogP contribution in [0.2, 0.25) is 0 Å². The third kappa shape index (κ3) is 1.53. The molecule has 68 valence electrons. The number of aliphatic imine (C=N–C) groups is 1. The molecule has 0 aromatic carbocycles. The Morgan fingerprint density at radius 2 is 2.38 bits per heavy atom. The minimum Gasteiger partial charge on any atom is -0.466 e. The van der Waals surface area contributed by atoms with Crippen molar-refractivity contribution in [3.63, 3.8) is 0 Å². The Labute approximate surface area is 75.8 Å². The van der Waals surface area contributed by atoms with E-state index in [0.29, 0.717) is 18.7 Å². The molecule has 1 atom stereocenters. The van der Waals surface area contributed by atoms with E-state index in [4.69, 9.17) is 10.5 Å². The second kappa shape index (κ2) is 3.14. The average Bonchev–Trinajstić information content (AvgIpc) is 2.46. The third-order valence-corrected chi connectivity index (χ3v) is 1.89. The van der Waals surface area contributed by atoms with Gasteiger partial charge in [0.25, 0.3) is 0 Å². The van der Waals surface area contributed by atoms with Crippen molar-refractivity contribution in [2.24, 2.45) is 10.7 Å². The summed E-state index contributed by atoms with van der Waals surface area (Å²) in [5, 5.41) is 0. The molecule has 0 bridgehead atoms. The van der Waals surface area contributed by atoms with Crippen LogP contribution in [-0.4, -0.2) is 24.3 Å². The molecular weight excluding hydrogens is 168 g/mol. The minimum absolute atomic E-state index is 0.0534. The Kier molecular flexibility index (Phi) is 1.98. The molecule has 13 heavy (non-hydrogen) atoms. The predicted octanol–water partition coefficient (Wildman–Crippen LogP) is 0.155. The first kappa shape index (κ1) is 8.19. The van der Waals surface area contributed by atoms with Gasteiger partial charge in [-0.1, -0.05) is 0 Å². The van der Waals surface area contributed by atoms with E-state index in [1.165, 1.54) is 12.2 Å². The first-order valence-corrected chi connectivity index (χ1v) is 4.18. The fourth-order valence-electron chi connectivity index (χ4n) is 1.29. The SMILES string of the molecule is NCCC1N=C2C=CC(=O)C=C2O1. The molecule has 0 radical (unpaired) electrons. The number of carbonyl (C=O) groups excluding carboxylic acids is 1. The highest BCUT2D eigenvalue weighted by Crippen LogP contribution is 2.21. The van der Waals surface area contributed by atoms with Crippen LogP contribution in [-0.2, 0) is 9.53 Å². The zero-order valence-electron chi connectivity index (χ0n) is 7.06. The largest absolute Gasteiger partial charge is 0.466 e. The Balaban J connectivity index is 2.17. The molecule has 2 N–H and O–H groups in total. The van der Waals surface area contributed by atoms with Crippen LogP contribution in [0.15, 0.2) is 29.0 Å². The molecule has 0 amide bonds. The predicted molar refractivity (Wildman–Crippen MR) is 48.2 cm³/mol. The van der Waals surface area contributed by atoms with Gasteiger partial charge in [0.2, 0.25) is 0 Å². The number of hydrogen-bond donors (Lipinski definition) is 1. The first-order valence-electron chi connectivity index (χ1n) is 4.18. The Hall–Kier alpha value is -1.42. The van der Waals surface area contributed by atoms with E-state index in [-0.39, 0.29) is 12.0 Å². The average molecular weight is 178 g/mol. The highest BCUT2D eigenvalue weighted by molar-refractivity contribution is 6.19. The monoisotopic (exact) mass is 178 g/mol. The Bertz CT molecular complexity index is 329. The maximum Gasteiger partial charge on any atom is 0.191 e. The highest BCUT2D eigenvalue weighted by Gasteiger charge is 2.24. The topological polar surface area (TPSA) is 64.7 Å². The zero-order valence-corrected chi connectivity index (χ0v) is 7.06. The molecule has 4 heteroatoms. The second-order valence-corrected chi connectivity index (χ2v) is 2.91. The van der Waals surface area contributed by atoms with E-state index in [0.717, 1.165) is 5.71 Å². The molecular formula is C9H10N2O2. The molecule has 0 saturated heterocycles. The maximum absolute atomic E-state index is 10.9. The fraction of sp³-hybridized carbons (Fsp3) is 0.333. The number of ether oxygens (including phenoxy) is 1. The van der Waals surface area contributed by atoms with Gasteiger partial charge in [0, 0.05) is 12.5 Å². The van der Waals surface area contributed by atoms with E-state index in [9.17, 15) is 4.79 Å². The van der Waals surface area contributed by atoms with Crippen molar-refractivity contribution in [1.29, 1.82) is 0 Å². The van der Waals surface area contributed by atoms with Crippen LogP contribution in [0.25, 0.3) is 0 Å². The normalized spacial score (nSPS) is 25.0. The molecule has 2 rings (SSSR count). The van der Waals surface area contributed by atoms with Gasteiger partial charge in [0.05, 0.1) is 0 Å². The van der Waals surface area contributed by atoms with Crippen molar-refractivity contribution < 1.29 is 9.53 Å². The van der Waals surface area contributed by atoms with Crippen molar-refractivity contribution >= 4 is 11.5 Å². The van der Waals surface area contributed by atoms with Gasteiger partial charge in [0.1, 0.15) is 5.71 Å². The smallest absolute Gasteiger partial charge is 0.191 e. The summed E-state index contributed by atoms with van der Waals surface area (Å²) in [4.78, 5) is 15.2. The van der Waals surface area contributed by atoms with Gasteiger partial charge in [0.15, 0.2) is 17.8 Å². The summed E-state index contributed by atoms with van der Waals surface area (Å²) < 4.78 is 5.38. The quantitative estimate of drug-likeness (QED) is 0.612. The molecule has 0 aromatic rings. The molecule has 2 aliphatic rings. The number of ketones is 1. The lowest BCUT2D eigenvalue weighted by Crippen LogP contribution is -2.11. The number of carbonyl (C=O) groups is 1. The minimum atomic E-state index is -0.207. The summed E-state index contributed by atoms with van der Waals surface area (Å²) in [7, 11) is 0. The summed E-state index contributed by atoms with van der Waals surface area (Å²) in [5.74, 6) is 0.522. The van der Waals surface area contributed by atoms with Crippen molar-refractivity contribution in [3.8, 4) is 0 Å². The number of allylic oxidation sites excluding steroid dienone is 3. The van der Waals surface area contributed by atoms with Crippen molar-refractivity contribution in [2.75, 3.05) is 6.54 Å². The summed E-state index contributed by atoms with van der Waals surface area (Å²) in [6.07, 6.45) is 5.09. The second-order valence-electron chi connectivity index (χ2n) is 2.91. The van der Waals surface area contributed by atoms with Crippen molar-refractivity contribution in [1.82, 2.24) is 0 Å². The molecule has 0 spiro atoms. The first-order chi connectivity index (χ1) is 6.29. The third-order valence-electron chi connectivity index (χ3n) is 1.89. The highest BCUT2D eigenvalue weighted by atomic mass is 16.5. The van der Waals surface area contributed by atoms with Gasteiger partial charge in [-0.15, -0.1) is 0 Å². The molecule has 1 aliphatic heterocycles. The van der Waals surface area contributed by atoms with E-state index < -0.39 is 0 Å².